The molecule has 0 aliphatic rings. The average Bonchev–Trinajstić information content (AvgIpc) is 2.29. The summed E-state index contributed by atoms with van der Waals surface area (Å²) in [7, 11) is 1.52. The lowest BCUT2D eigenvalue weighted by Gasteiger charge is -2.11. The van der Waals surface area contributed by atoms with Gasteiger partial charge in [-0.15, -0.1) is 12.4 Å². The molecule has 1 aromatic carbocycles. The van der Waals surface area contributed by atoms with Crippen molar-refractivity contribution in [2.45, 2.75) is 19.4 Å². The van der Waals surface area contributed by atoms with Gasteiger partial charge in [0, 0.05) is 12.8 Å². The molecular formula is C12H19ClN2O2. The Bertz CT molecular complexity index is 358. The standard InChI is InChI=1S/C12H18N2O2.ClH/c1-3-9-5-4-6-10(7-9)14-12(15)11(13)8-16-2;/h4-7,11H,3,8,13H2,1-2H3,(H,14,15);1H. The summed E-state index contributed by atoms with van der Waals surface area (Å²) < 4.78 is 4.82. The van der Waals surface area contributed by atoms with Gasteiger partial charge in [0.05, 0.1) is 6.61 Å². The van der Waals surface area contributed by atoms with Gasteiger partial charge < -0.3 is 15.8 Å². The third kappa shape index (κ3) is 5.17. The molecule has 3 N–H and O–H groups in total. The zero-order valence-electron chi connectivity index (χ0n) is 10.1. The zero-order chi connectivity index (χ0) is 12.0. The van der Waals surface area contributed by atoms with E-state index in [9.17, 15) is 4.79 Å². The van der Waals surface area contributed by atoms with Gasteiger partial charge in [0.1, 0.15) is 6.04 Å². The minimum absolute atomic E-state index is 0. The number of amides is 1. The number of benzene rings is 1. The molecular weight excluding hydrogens is 240 g/mol. The molecule has 5 heteroatoms. The van der Waals surface area contributed by atoms with Crippen LogP contribution in [0, 0.1) is 0 Å². The van der Waals surface area contributed by atoms with Crippen LogP contribution in [0.25, 0.3) is 0 Å². The van der Waals surface area contributed by atoms with Gasteiger partial charge in [0.2, 0.25) is 5.91 Å². The summed E-state index contributed by atoms with van der Waals surface area (Å²) in [4.78, 5) is 11.6. The van der Waals surface area contributed by atoms with E-state index >= 15 is 0 Å². The van der Waals surface area contributed by atoms with Gasteiger partial charge in [-0.2, -0.15) is 0 Å². The molecule has 1 atom stereocenters. The fraction of sp³-hybridized carbons (Fsp3) is 0.417. The highest BCUT2D eigenvalue weighted by atomic mass is 35.5. The summed E-state index contributed by atoms with van der Waals surface area (Å²) in [5.41, 5.74) is 7.56. The third-order valence-electron chi connectivity index (χ3n) is 2.29. The van der Waals surface area contributed by atoms with Crippen molar-refractivity contribution < 1.29 is 9.53 Å². The number of aryl methyl sites for hydroxylation is 1. The van der Waals surface area contributed by atoms with Gasteiger partial charge in [-0.25, -0.2) is 0 Å². The number of carbonyl (C=O) groups is 1. The lowest BCUT2D eigenvalue weighted by molar-refractivity contribution is -0.118. The number of anilines is 1. The molecule has 4 nitrogen and oxygen atoms in total. The molecule has 1 unspecified atom stereocenters. The highest BCUT2D eigenvalue weighted by Crippen LogP contribution is 2.11. The van der Waals surface area contributed by atoms with E-state index in [1.54, 1.807) is 0 Å². The van der Waals surface area contributed by atoms with Crippen molar-refractivity contribution in [3.05, 3.63) is 29.8 Å². The first kappa shape index (κ1) is 15.9. The molecule has 0 bridgehead atoms. The maximum absolute atomic E-state index is 11.6. The molecule has 0 radical (unpaired) electrons. The second-order valence-corrected chi connectivity index (χ2v) is 3.61. The Balaban J connectivity index is 0.00000256. The van der Waals surface area contributed by atoms with E-state index in [-0.39, 0.29) is 24.9 Å². The molecule has 96 valence electrons. The van der Waals surface area contributed by atoms with Gasteiger partial charge in [-0.3, -0.25) is 4.79 Å². The lowest BCUT2D eigenvalue weighted by Crippen LogP contribution is -2.39. The van der Waals surface area contributed by atoms with Crippen LogP contribution in [0.3, 0.4) is 0 Å². The summed E-state index contributed by atoms with van der Waals surface area (Å²) in [6.45, 7) is 2.29. The molecule has 1 rings (SSSR count). The number of halogens is 1. The zero-order valence-corrected chi connectivity index (χ0v) is 10.9. The second kappa shape index (κ2) is 8.06. The van der Waals surface area contributed by atoms with Crippen molar-refractivity contribution in [1.82, 2.24) is 0 Å². The average molecular weight is 259 g/mol. The first-order valence-corrected chi connectivity index (χ1v) is 5.31. The first-order chi connectivity index (χ1) is 7.67. The van der Waals surface area contributed by atoms with E-state index < -0.39 is 6.04 Å². The number of hydrogen-bond donors (Lipinski definition) is 2. The summed E-state index contributed by atoms with van der Waals surface area (Å²) >= 11 is 0. The van der Waals surface area contributed by atoms with Crippen LogP contribution in [0.1, 0.15) is 12.5 Å². The van der Waals surface area contributed by atoms with Crippen LogP contribution in [0.5, 0.6) is 0 Å². The van der Waals surface area contributed by atoms with Crippen molar-refractivity contribution in [1.29, 1.82) is 0 Å². The number of methoxy groups -OCH3 is 1. The summed E-state index contributed by atoms with van der Waals surface area (Å²) in [6, 6.07) is 7.09. The Morgan fingerprint density at radius 3 is 2.82 bits per heavy atom. The molecule has 1 aromatic rings. The smallest absolute Gasteiger partial charge is 0.243 e. The first-order valence-electron chi connectivity index (χ1n) is 5.31. The molecule has 0 spiro atoms. The molecule has 17 heavy (non-hydrogen) atoms. The summed E-state index contributed by atoms with van der Waals surface area (Å²) in [5.74, 6) is -0.227. The molecule has 0 aliphatic heterocycles. The Hall–Kier alpha value is -1.10. The second-order valence-electron chi connectivity index (χ2n) is 3.61. The van der Waals surface area contributed by atoms with E-state index in [2.05, 4.69) is 12.2 Å². The maximum Gasteiger partial charge on any atom is 0.243 e. The summed E-state index contributed by atoms with van der Waals surface area (Å²) in [5, 5.41) is 2.76. The number of hydrogen-bond acceptors (Lipinski definition) is 3. The molecule has 0 saturated heterocycles. The van der Waals surface area contributed by atoms with E-state index in [1.807, 2.05) is 24.3 Å². The van der Waals surface area contributed by atoms with Crippen LogP contribution < -0.4 is 11.1 Å². The molecule has 0 aromatic heterocycles. The van der Waals surface area contributed by atoms with Gasteiger partial charge >= 0.3 is 0 Å². The Morgan fingerprint density at radius 2 is 2.24 bits per heavy atom. The lowest BCUT2D eigenvalue weighted by atomic mass is 10.1. The van der Waals surface area contributed by atoms with Gasteiger partial charge in [-0.05, 0) is 24.1 Å². The van der Waals surface area contributed by atoms with Crippen molar-refractivity contribution in [3.63, 3.8) is 0 Å². The SMILES string of the molecule is CCc1cccc(NC(=O)C(N)COC)c1.Cl. The molecule has 1 amide bonds. The quantitative estimate of drug-likeness (QED) is 0.843. The number of rotatable bonds is 5. The van der Waals surface area contributed by atoms with Crippen molar-refractivity contribution in [2.75, 3.05) is 19.0 Å². The molecule has 0 aliphatic carbocycles. The predicted octanol–water partition coefficient (Wildman–Crippen LogP) is 1.58. The van der Waals surface area contributed by atoms with Crippen molar-refractivity contribution >= 4 is 24.0 Å². The van der Waals surface area contributed by atoms with Crippen LogP contribution in [0.2, 0.25) is 0 Å². The van der Waals surface area contributed by atoms with Crippen molar-refractivity contribution in [2.24, 2.45) is 5.73 Å². The number of nitrogens with one attached hydrogen (secondary N) is 1. The van der Waals surface area contributed by atoms with E-state index in [1.165, 1.54) is 12.7 Å². The largest absolute Gasteiger partial charge is 0.383 e. The van der Waals surface area contributed by atoms with Gasteiger partial charge in [0.15, 0.2) is 0 Å². The molecule has 0 heterocycles. The number of ether oxygens (including phenoxy) is 1. The minimum atomic E-state index is -0.629. The van der Waals surface area contributed by atoms with Crippen LogP contribution in [0.15, 0.2) is 24.3 Å². The highest BCUT2D eigenvalue weighted by molar-refractivity contribution is 5.94. The number of nitrogens with two attached hydrogens (primary N) is 1. The maximum atomic E-state index is 11.6. The van der Waals surface area contributed by atoms with E-state index in [0.717, 1.165) is 12.1 Å². The van der Waals surface area contributed by atoms with Crippen LogP contribution >= 0.6 is 12.4 Å². The fourth-order valence-electron chi connectivity index (χ4n) is 1.36. The Kier molecular flexibility index (Phi) is 7.54. The van der Waals surface area contributed by atoms with E-state index in [0.29, 0.717) is 0 Å². The molecule has 0 fully saturated rings. The predicted molar refractivity (Wildman–Crippen MR) is 71.5 cm³/mol. The summed E-state index contributed by atoms with van der Waals surface area (Å²) in [6.07, 6.45) is 0.938. The monoisotopic (exact) mass is 258 g/mol. The van der Waals surface area contributed by atoms with E-state index in [4.69, 9.17) is 10.5 Å². The van der Waals surface area contributed by atoms with Crippen LogP contribution in [0.4, 0.5) is 5.69 Å². The van der Waals surface area contributed by atoms with Gasteiger partial charge in [-0.1, -0.05) is 19.1 Å². The van der Waals surface area contributed by atoms with Crippen LogP contribution in [-0.2, 0) is 16.0 Å². The molecule has 0 saturated carbocycles. The van der Waals surface area contributed by atoms with Crippen LogP contribution in [-0.4, -0.2) is 25.7 Å². The minimum Gasteiger partial charge on any atom is -0.383 e. The third-order valence-corrected chi connectivity index (χ3v) is 2.29. The number of carbonyl (C=O) groups excluding carboxylic acids is 1. The van der Waals surface area contributed by atoms with Gasteiger partial charge in [0.25, 0.3) is 0 Å². The van der Waals surface area contributed by atoms with Crippen molar-refractivity contribution in [3.8, 4) is 0 Å². The Morgan fingerprint density at radius 1 is 1.53 bits per heavy atom. The highest BCUT2D eigenvalue weighted by Gasteiger charge is 2.12. The topological polar surface area (TPSA) is 64.4 Å². The Labute approximate surface area is 108 Å². The fourth-order valence-corrected chi connectivity index (χ4v) is 1.36. The normalized spacial score (nSPS) is 11.5.